The Kier molecular flexibility index (Phi) is 9.72. The second-order valence-electron chi connectivity index (χ2n) is 3.45. The smallest absolute Gasteiger partial charge is 0.307 e. The van der Waals surface area contributed by atoms with Crippen molar-refractivity contribution in [2.45, 2.75) is 51.9 Å². The van der Waals surface area contributed by atoms with Crippen molar-refractivity contribution < 1.29 is 9.46 Å². The fourth-order valence-corrected chi connectivity index (χ4v) is 3.65. The number of thiol groups is 1. The summed E-state index contributed by atoms with van der Waals surface area (Å²) in [6.45, 7) is 2.21. The molecule has 0 aliphatic rings. The summed E-state index contributed by atoms with van der Waals surface area (Å²) in [4.78, 5) is 8.87. The van der Waals surface area contributed by atoms with Gasteiger partial charge < -0.3 is 4.89 Å². The largest absolute Gasteiger partial charge is 0.329 e. The van der Waals surface area contributed by atoms with Crippen LogP contribution in [0.4, 0.5) is 0 Å². The molecule has 0 radical (unpaired) electrons. The fraction of sp³-hybridized carbons (Fsp3) is 1.00. The molecule has 2 nitrogen and oxygen atoms in total. The van der Waals surface area contributed by atoms with Gasteiger partial charge in [0.25, 0.3) is 0 Å². The van der Waals surface area contributed by atoms with Crippen LogP contribution in [0.2, 0.25) is 0 Å². The van der Waals surface area contributed by atoms with E-state index < -0.39 is 5.77 Å². The van der Waals surface area contributed by atoms with Gasteiger partial charge in [-0.1, -0.05) is 69.1 Å². The van der Waals surface area contributed by atoms with Gasteiger partial charge in [0.05, 0.1) is 0 Å². The van der Waals surface area contributed by atoms with E-state index >= 15 is 0 Å². The van der Waals surface area contributed by atoms with Gasteiger partial charge in [-0.05, 0) is 6.42 Å². The minimum Gasteiger partial charge on any atom is -0.329 e. The van der Waals surface area contributed by atoms with Crippen molar-refractivity contribution in [3.05, 3.63) is 0 Å². The molecule has 0 heterocycles. The molecule has 0 spiro atoms. The van der Waals surface area contributed by atoms with E-state index in [0.717, 1.165) is 23.6 Å². The number of hydrogen-bond acceptors (Lipinski definition) is 2. The van der Waals surface area contributed by atoms with Crippen LogP contribution in [0.15, 0.2) is 0 Å². The third-order valence-corrected chi connectivity index (χ3v) is 5.41. The average molecular weight is 256 g/mol. The maximum atomic E-state index is 10.8. The maximum Gasteiger partial charge on any atom is 0.307 e. The first-order valence-corrected chi connectivity index (χ1v) is 9.66. The van der Waals surface area contributed by atoms with Crippen molar-refractivity contribution in [1.82, 2.24) is 0 Å². The third-order valence-electron chi connectivity index (χ3n) is 2.01. The lowest BCUT2D eigenvalue weighted by atomic mass is 10.1. The fourth-order valence-electron chi connectivity index (χ4n) is 1.24. The van der Waals surface area contributed by atoms with E-state index in [4.69, 9.17) is 4.89 Å². The zero-order chi connectivity index (χ0) is 10.9. The second-order valence-corrected chi connectivity index (χ2v) is 9.79. The van der Waals surface area contributed by atoms with Gasteiger partial charge in [-0.2, -0.15) is 0 Å². The van der Waals surface area contributed by atoms with E-state index in [1.165, 1.54) is 38.5 Å². The summed E-state index contributed by atoms with van der Waals surface area (Å²) in [7, 11) is 0. The Hall–Kier alpha value is 0.890. The lowest BCUT2D eigenvalue weighted by molar-refractivity contribution is 0.514. The summed E-state index contributed by atoms with van der Waals surface area (Å²) in [6, 6.07) is 0. The number of hydrogen-bond donors (Lipinski definition) is 2. The van der Waals surface area contributed by atoms with Crippen molar-refractivity contribution in [2.75, 3.05) is 5.75 Å². The predicted octanol–water partition coefficient (Wildman–Crippen LogP) is 4.50. The molecular weight excluding hydrogens is 235 g/mol. The van der Waals surface area contributed by atoms with E-state index in [0.29, 0.717) is 0 Å². The second kappa shape index (κ2) is 9.14. The molecular formula is C9H21O2PS2. The van der Waals surface area contributed by atoms with Crippen molar-refractivity contribution in [1.29, 1.82) is 0 Å². The Labute approximate surface area is 96.6 Å². The lowest BCUT2D eigenvalue weighted by Crippen LogP contribution is -1.81. The molecule has 0 aliphatic carbocycles. The van der Waals surface area contributed by atoms with Gasteiger partial charge >= 0.3 is 5.77 Å². The van der Waals surface area contributed by atoms with Crippen LogP contribution in [0, 0.1) is 0 Å². The van der Waals surface area contributed by atoms with Crippen molar-refractivity contribution in [3.8, 4) is 0 Å². The molecule has 0 amide bonds. The topological polar surface area (TPSA) is 37.3 Å². The molecule has 0 aromatic carbocycles. The van der Waals surface area contributed by atoms with Crippen molar-refractivity contribution in [3.63, 3.8) is 0 Å². The van der Waals surface area contributed by atoms with Crippen molar-refractivity contribution >= 4 is 29.4 Å². The molecule has 0 saturated heterocycles. The van der Waals surface area contributed by atoms with Gasteiger partial charge in [0.1, 0.15) is 0 Å². The minimum atomic E-state index is -3.12. The summed E-state index contributed by atoms with van der Waals surface area (Å²) >= 11 is 4.68. The molecule has 1 atom stereocenters. The SMILES string of the molecule is CCCCCCCCCSP(=O)(O)S. The van der Waals surface area contributed by atoms with Gasteiger partial charge in [-0.3, -0.25) is 4.57 Å². The van der Waals surface area contributed by atoms with E-state index in [9.17, 15) is 4.57 Å². The zero-order valence-electron chi connectivity index (χ0n) is 8.81. The predicted molar refractivity (Wildman–Crippen MR) is 69.3 cm³/mol. The van der Waals surface area contributed by atoms with Crippen molar-refractivity contribution in [2.24, 2.45) is 0 Å². The highest BCUT2D eigenvalue weighted by Gasteiger charge is 2.10. The highest BCUT2D eigenvalue weighted by atomic mass is 33.1. The average Bonchev–Trinajstić information content (AvgIpc) is 2.08. The Morgan fingerprint density at radius 3 is 2.14 bits per heavy atom. The molecule has 1 unspecified atom stereocenters. The normalized spacial score (nSPS) is 15.4. The zero-order valence-corrected chi connectivity index (χ0v) is 11.4. The van der Waals surface area contributed by atoms with E-state index in [2.05, 4.69) is 19.2 Å². The Morgan fingerprint density at radius 2 is 1.64 bits per heavy atom. The molecule has 0 aliphatic heterocycles. The van der Waals surface area contributed by atoms with Gasteiger partial charge in [-0.15, -0.1) is 0 Å². The van der Waals surface area contributed by atoms with Crippen LogP contribution in [0.25, 0.3) is 0 Å². The highest BCUT2D eigenvalue weighted by Crippen LogP contribution is 2.58. The van der Waals surface area contributed by atoms with Gasteiger partial charge in [0, 0.05) is 5.75 Å². The molecule has 5 heteroatoms. The molecule has 14 heavy (non-hydrogen) atoms. The molecule has 0 aromatic heterocycles. The summed E-state index contributed by atoms with van der Waals surface area (Å²) in [5, 5.41) is 0. The van der Waals surface area contributed by atoms with Crippen LogP contribution in [0.3, 0.4) is 0 Å². The summed E-state index contributed by atoms with van der Waals surface area (Å²) in [5.74, 6) is -2.37. The first-order valence-electron chi connectivity index (χ1n) is 5.26. The quantitative estimate of drug-likeness (QED) is 0.362. The van der Waals surface area contributed by atoms with Gasteiger partial charge in [0.2, 0.25) is 0 Å². The van der Waals surface area contributed by atoms with E-state index in [1.54, 1.807) is 0 Å². The first kappa shape index (κ1) is 14.9. The Bertz CT molecular complexity index is 170. The number of rotatable bonds is 9. The molecule has 0 bridgehead atoms. The van der Waals surface area contributed by atoms with Crippen LogP contribution in [-0.4, -0.2) is 10.6 Å². The van der Waals surface area contributed by atoms with Gasteiger partial charge in [0.15, 0.2) is 0 Å². The first-order chi connectivity index (χ1) is 6.56. The molecule has 0 saturated carbocycles. The summed E-state index contributed by atoms with van der Waals surface area (Å²) < 4.78 is 10.8. The molecule has 0 rings (SSSR count). The van der Waals surface area contributed by atoms with E-state index in [-0.39, 0.29) is 0 Å². The van der Waals surface area contributed by atoms with Crippen LogP contribution in [-0.2, 0) is 4.57 Å². The summed E-state index contributed by atoms with van der Waals surface area (Å²) in [5.41, 5.74) is 0. The lowest BCUT2D eigenvalue weighted by Gasteiger charge is -2.03. The molecule has 1 N–H and O–H groups in total. The van der Waals surface area contributed by atoms with Crippen LogP contribution in [0.1, 0.15) is 51.9 Å². The van der Waals surface area contributed by atoms with E-state index in [1.807, 2.05) is 0 Å². The maximum absolute atomic E-state index is 10.8. The summed E-state index contributed by atoms with van der Waals surface area (Å²) in [6.07, 6.45) is 8.69. The third kappa shape index (κ3) is 12.9. The Balaban J connectivity index is 3.03. The van der Waals surface area contributed by atoms with Crippen LogP contribution < -0.4 is 0 Å². The molecule has 86 valence electrons. The monoisotopic (exact) mass is 256 g/mol. The molecule has 0 fully saturated rings. The van der Waals surface area contributed by atoms with Gasteiger partial charge in [-0.25, -0.2) is 0 Å². The van der Waals surface area contributed by atoms with Crippen LogP contribution in [0.5, 0.6) is 0 Å². The minimum absolute atomic E-state index is 0.755. The standard InChI is InChI=1S/C9H21O2PS2/c1-2-3-4-5-6-7-8-9-14-12(10,11)13/h2-9H2,1H3,(H2,10,11,13). The number of unbranched alkanes of at least 4 members (excludes halogenated alkanes) is 6. The highest BCUT2D eigenvalue weighted by molar-refractivity contribution is 8.84. The Morgan fingerprint density at radius 1 is 1.14 bits per heavy atom. The molecule has 0 aromatic rings. The van der Waals surface area contributed by atoms with Crippen LogP contribution >= 0.6 is 29.4 Å².